The second-order valence-electron chi connectivity index (χ2n) is 7.65. The Kier molecular flexibility index (Phi) is 4.58. The van der Waals surface area contributed by atoms with E-state index in [1.54, 1.807) is 13.8 Å². The number of amides is 1. The Bertz CT molecular complexity index is 598. The molecular formula is C19H27NO4. The van der Waals surface area contributed by atoms with Crippen LogP contribution in [0.1, 0.15) is 25.8 Å². The maximum absolute atomic E-state index is 13.0. The molecule has 0 saturated carbocycles. The number of likely N-dealkylation sites (tertiary alicyclic amines) is 1. The van der Waals surface area contributed by atoms with E-state index in [0.29, 0.717) is 32.1 Å². The number of fused-ring (bicyclic) bond motifs is 1. The van der Waals surface area contributed by atoms with Crippen LogP contribution in [-0.4, -0.2) is 54.4 Å². The molecule has 0 bridgehead atoms. The van der Waals surface area contributed by atoms with Crippen molar-refractivity contribution in [3.63, 3.8) is 0 Å². The molecule has 0 spiro atoms. The summed E-state index contributed by atoms with van der Waals surface area (Å²) in [6.45, 7) is 8.20. The molecule has 0 aliphatic carbocycles. The Balaban J connectivity index is 1.72. The summed E-state index contributed by atoms with van der Waals surface area (Å²) in [5.74, 6) is 0.858. The number of carbonyl (C=O) groups is 1. The van der Waals surface area contributed by atoms with Crippen molar-refractivity contribution in [3.8, 4) is 5.75 Å². The van der Waals surface area contributed by atoms with Crippen LogP contribution in [0, 0.1) is 18.3 Å². The Labute approximate surface area is 143 Å². The number of ether oxygens (including phenoxy) is 2. The predicted molar refractivity (Wildman–Crippen MR) is 90.9 cm³/mol. The first-order chi connectivity index (χ1) is 11.4. The Hall–Kier alpha value is -1.59. The molecule has 0 unspecified atom stereocenters. The number of aliphatic hydroxyl groups is 1. The quantitative estimate of drug-likeness (QED) is 0.916. The molecule has 0 radical (unpaired) electrons. The van der Waals surface area contributed by atoms with Gasteiger partial charge in [0.1, 0.15) is 5.75 Å². The summed E-state index contributed by atoms with van der Waals surface area (Å²) in [6.07, 6.45) is 0.803. The number of hydrogen-bond donors (Lipinski definition) is 1. The smallest absolute Gasteiger partial charge is 0.266 e. The van der Waals surface area contributed by atoms with Crippen molar-refractivity contribution >= 4 is 5.91 Å². The highest BCUT2D eigenvalue weighted by atomic mass is 16.5. The Morgan fingerprint density at radius 1 is 1.42 bits per heavy atom. The summed E-state index contributed by atoms with van der Waals surface area (Å²) in [5.41, 5.74) is -0.00586. The molecule has 2 atom stereocenters. The molecule has 2 aliphatic rings. The third-order valence-electron chi connectivity index (χ3n) is 5.39. The monoisotopic (exact) mass is 333 g/mol. The molecule has 2 saturated heterocycles. The van der Waals surface area contributed by atoms with Crippen molar-refractivity contribution in [2.24, 2.45) is 11.3 Å². The van der Waals surface area contributed by atoms with Gasteiger partial charge < -0.3 is 19.5 Å². The van der Waals surface area contributed by atoms with Crippen LogP contribution in [-0.2, 0) is 9.53 Å². The van der Waals surface area contributed by atoms with E-state index >= 15 is 0 Å². The minimum absolute atomic E-state index is 0.0368. The van der Waals surface area contributed by atoms with Crippen molar-refractivity contribution in [1.29, 1.82) is 0 Å². The minimum atomic E-state index is -0.944. The van der Waals surface area contributed by atoms with Crippen LogP contribution in [0.2, 0.25) is 0 Å². The number of rotatable bonds is 4. The molecule has 24 heavy (non-hydrogen) atoms. The fraction of sp³-hybridized carbons (Fsp3) is 0.632. The predicted octanol–water partition coefficient (Wildman–Crippen LogP) is 2.01. The number of hydrogen-bond acceptors (Lipinski definition) is 4. The van der Waals surface area contributed by atoms with Gasteiger partial charge in [0.15, 0.2) is 5.60 Å². The third kappa shape index (κ3) is 3.15. The highest BCUT2D eigenvalue weighted by Gasteiger charge is 2.51. The van der Waals surface area contributed by atoms with Gasteiger partial charge in [-0.05, 0) is 39.3 Å². The number of benzene rings is 1. The second-order valence-corrected chi connectivity index (χ2v) is 7.65. The summed E-state index contributed by atoms with van der Waals surface area (Å²) in [6, 6.07) is 7.71. The van der Waals surface area contributed by atoms with E-state index in [0.717, 1.165) is 12.0 Å². The molecule has 5 nitrogen and oxygen atoms in total. The molecule has 3 rings (SSSR count). The lowest BCUT2D eigenvalue weighted by Crippen LogP contribution is -2.49. The molecule has 5 heteroatoms. The summed E-state index contributed by atoms with van der Waals surface area (Å²) in [5, 5.41) is 9.89. The van der Waals surface area contributed by atoms with Crippen molar-refractivity contribution in [3.05, 3.63) is 29.8 Å². The van der Waals surface area contributed by atoms with Gasteiger partial charge in [-0.1, -0.05) is 17.7 Å². The zero-order valence-corrected chi connectivity index (χ0v) is 14.7. The summed E-state index contributed by atoms with van der Waals surface area (Å²) < 4.78 is 11.5. The molecule has 2 aliphatic heterocycles. The standard InChI is InChI=1S/C19H27NO4/c1-14-4-6-16(7-5-14)24-18(2,3)17(22)20-10-15-11-23-9-8-19(15,12-20)13-21/h4-7,15,21H,8-13H2,1-3H3/t15-,19-/m1/s1. The van der Waals surface area contributed by atoms with E-state index in [1.165, 1.54) is 0 Å². The maximum atomic E-state index is 13.0. The van der Waals surface area contributed by atoms with Gasteiger partial charge in [0, 0.05) is 31.0 Å². The number of nitrogens with zero attached hydrogens (tertiary/aromatic N) is 1. The van der Waals surface area contributed by atoms with Crippen LogP contribution >= 0.6 is 0 Å². The number of carbonyl (C=O) groups excluding carboxylic acids is 1. The largest absolute Gasteiger partial charge is 0.478 e. The highest BCUT2D eigenvalue weighted by Crippen LogP contribution is 2.42. The van der Waals surface area contributed by atoms with Crippen molar-refractivity contribution < 1.29 is 19.4 Å². The van der Waals surface area contributed by atoms with Gasteiger partial charge in [-0.25, -0.2) is 0 Å². The van der Waals surface area contributed by atoms with E-state index in [4.69, 9.17) is 9.47 Å². The Morgan fingerprint density at radius 3 is 2.75 bits per heavy atom. The molecule has 2 heterocycles. The van der Waals surface area contributed by atoms with Crippen LogP contribution in [0.4, 0.5) is 0 Å². The van der Waals surface area contributed by atoms with Gasteiger partial charge in [0.25, 0.3) is 5.91 Å². The molecule has 1 aromatic rings. The lowest BCUT2D eigenvalue weighted by molar-refractivity contribution is -0.145. The molecular weight excluding hydrogens is 306 g/mol. The van der Waals surface area contributed by atoms with E-state index in [-0.39, 0.29) is 23.8 Å². The van der Waals surface area contributed by atoms with Gasteiger partial charge in [0.2, 0.25) is 0 Å². The lowest BCUT2D eigenvalue weighted by atomic mass is 9.75. The SMILES string of the molecule is Cc1ccc(OC(C)(C)C(=O)N2C[C@@H]3COCC[C@]3(CO)C2)cc1. The summed E-state index contributed by atoms with van der Waals surface area (Å²) in [7, 11) is 0. The fourth-order valence-electron chi connectivity index (χ4n) is 3.79. The van der Waals surface area contributed by atoms with Gasteiger partial charge in [-0.2, -0.15) is 0 Å². The van der Waals surface area contributed by atoms with Gasteiger partial charge in [-0.15, -0.1) is 0 Å². The zero-order valence-electron chi connectivity index (χ0n) is 14.7. The van der Waals surface area contributed by atoms with Gasteiger partial charge >= 0.3 is 0 Å². The van der Waals surface area contributed by atoms with Crippen LogP contribution in [0.5, 0.6) is 5.75 Å². The molecule has 1 aromatic carbocycles. The van der Waals surface area contributed by atoms with Crippen molar-refractivity contribution in [2.45, 2.75) is 32.8 Å². The third-order valence-corrected chi connectivity index (χ3v) is 5.39. The van der Waals surface area contributed by atoms with E-state index in [1.807, 2.05) is 36.1 Å². The maximum Gasteiger partial charge on any atom is 0.266 e. The average molecular weight is 333 g/mol. The number of aryl methyl sites for hydroxylation is 1. The normalized spacial score (nSPS) is 27.0. The Morgan fingerprint density at radius 2 is 2.12 bits per heavy atom. The molecule has 132 valence electrons. The van der Waals surface area contributed by atoms with E-state index in [9.17, 15) is 9.90 Å². The van der Waals surface area contributed by atoms with Crippen LogP contribution in [0.15, 0.2) is 24.3 Å². The lowest BCUT2D eigenvalue weighted by Gasteiger charge is -2.36. The topological polar surface area (TPSA) is 59.0 Å². The first kappa shape index (κ1) is 17.2. The number of aliphatic hydroxyl groups excluding tert-OH is 1. The first-order valence-corrected chi connectivity index (χ1v) is 8.60. The molecule has 1 N–H and O–H groups in total. The zero-order chi connectivity index (χ0) is 17.4. The highest BCUT2D eigenvalue weighted by molar-refractivity contribution is 5.85. The van der Waals surface area contributed by atoms with Gasteiger partial charge in [-0.3, -0.25) is 4.79 Å². The van der Waals surface area contributed by atoms with Crippen molar-refractivity contribution in [2.75, 3.05) is 32.9 Å². The molecule has 2 fully saturated rings. The second kappa shape index (κ2) is 6.37. The fourth-order valence-corrected chi connectivity index (χ4v) is 3.79. The summed E-state index contributed by atoms with van der Waals surface area (Å²) >= 11 is 0. The first-order valence-electron chi connectivity index (χ1n) is 8.60. The van der Waals surface area contributed by atoms with Crippen molar-refractivity contribution in [1.82, 2.24) is 4.90 Å². The minimum Gasteiger partial charge on any atom is -0.478 e. The van der Waals surface area contributed by atoms with Crippen LogP contribution in [0.3, 0.4) is 0 Å². The van der Waals surface area contributed by atoms with Gasteiger partial charge in [0.05, 0.1) is 13.2 Å². The summed E-state index contributed by atoms with van der Waals surface area (Å²) in [4.78, 5) is 14.9. The van der Waals surface area contributed by atoms with E-state index < -0.39 is 5.60 Å². The molecule has 0 aromatic heterocycles. The molecule has 1 amide bonds. The average Bonchev–Trinajstić information content (AvgIpc) is 2.96. The van der Waals surface area contributed by atoms with E-state index in [2.05, 4.69) is 0 Å². The van der Waals surface area contributed by atoms with Crippen LogP contribution < -0.4 is 4.74 Å². The van der Waals surface area contributed by atoms with Crippen LogP contribution in [0.25, 0.3) is 0 Å².